The molecule has 0 atom stereocenters. The summed E-state index contributed by atoms with van der Waals surface area (Å²) in [6.45, 7) is 8.46. The van der Waals surface area contributed by atoms with Gasteiger partial charge in [0, 0.05) is 11.6 Å². The minimum atomic E-state index is -0.434. The number of rotatable bonds is 3. The molecule has 136 valence electrons. The summed E-state index contributed by atoms with van der Waals surface area (Å²) < 4.78 is 7.46. The van der Waals surface area contributed by atoms with E-state index in [1.54, 1.807) is 0 Å². The van der Waals surface area contributed by atoms with Gasteiger partial charge in [-0.3, -0.25) is 0 Å². The maximum Gasteiger partial charge on any atom is 0.261 e. The van der Waals surface area contributed by atoms with Crippen LogP contribution in [0.2, 0.25) is 0 Å². The lowest BCUT2D eigenvalue weighted by Crippen LogP contribution is -2.44. The van der Waals surface area contributed by atoms with E-state index in [0.717, 1.165) is 36.2 Å². The molecule has 4 rings (SSSR count). The number of aromatic nitrogens is 4. The van der Waals surface area contributed by atoms with Crippen LogP contribution >= 0.6 is 0 Å². The highest BCUT2D eigenvalue weighted by Crippen LogP contribution is 2.39. The number of hydrogen-bond acceptors (Lipinski definition) is 5. The van der Waals surface area contributed by atoms with Crippen molar-refractivity contribution in [2.24, 2.45) is 5.73 Å². The van der Waals surface area contributed by atoms with Gasteiger partial charge in [0.25, 0.3) is 5.89 Å². The smallest absolute Gasteiger partial charge is 0.261 e. The first-order valence-corrected chi connectivity index (χ1v) is 9.07. The van der Waals surface area contributed by atoms with Crippen molar-refractivity contribution in [2.45, 2.75) is 57.9 Å². The van der Waals surface area contributed by atoms with Crippen molar-refractivity contribution in [2.75, 3.05) is 0 Å². The third-order valence-electron chi connectivity index (χ3n) is 5.07. The van der Waals surface area contributed by atoms with Crippen LogP contribution in [-0.2, 0) is 11.0 Å². The van der Waals surface area contributed by atoms with E-state index in [2.05, 4.69) is 62.1 Å². The van der Waals surface area contributed by atoms with E-state index < -0.39 is 5.54 Å². The van der Waals surface area contributed by atoms with E-state index in [0.29, 0.717) is 11.7 Å². The second-order valence-electron chi connectivity index (χ2n) is 8.35. The first kappa shape index (κ1) is 17.0. The van der Waals surface area contributed by atoms with Crippen LogP contribution in [0, 0.1) is 6.92 Å². The average Bonchev–Trinajstić information content (AvgIpc) is 3.20. The zero-order chi connectivity index (χ0) is 18.5. The van der Waals surface area contributed by atoms with Crippen molar-refractivity contribution in [1.82, 2.24) is 19.9 Å². The zero-order valence-electron chi connectivity index (χ0n) is 15.8. The van der Waals surface area contributed by atoms with E-state index in [-0.39, 0.29) is 5.41 Å². The molecule has 2 N–H and O–H groups in total. The predicted molar refractivity (Wildman–Crippen MR) is 100 cm³/mol. The van der Waals surface area contributed by atoms with E-state index >= 15 is 0 Å². The van der Waals surface area contributed by atoms with E-state index in [9.17, 15) is 0 Å². The van der Waals surface area contributed by atoms with Gasteiger partial charge in [-0.1, -0.05) is 43.6 Å². The number of hydrogen-bond donors (Lipinski definition) is 1. The fraction of sp³-hybridized carbons (Fsp3) is 0.450. The van der Waals surface area contributed by atoms with E-state index in [4.69, 9.17) is 15.4 Å². The lowest BCUT2D eigenvalue weighted by atomic mass is 9.77. The SMILES string of the molecule is Cc1ccc(-n2cc(-c3nc(C4(N)CCC4)no3)c(C(C)(C)C)n2)cc1. The Morgan fingerprint density at radius 3 is 2.42 bits per heavy atom. The molecule has 6 nitrogen and oxygen atoms in total. The average molecular weight is 351 g/mol. The molecule has 0 saturated heterocycles. The lowest BCUT2D eigenvalue weighted by Gasteiger charge is -2.34. The molecule has 1 aliphatic carbocycles. The van der Waals surface area contributed by atoms with Crippen molar-refractivity contribution in [3.8, 4) is 17.1 Å². The van der Waals surface area contributed by atoms with Gasteiger partial charge < -0.3 is 10.3 Å². The number of nitrogens with two attached hydrogens (primary N) is 1. The zero-order valence-corrected chi connectivity index (χ0v) is 15.8. The molecular weight excluding hydrogens is 326 g/mol. The predicted octanol–water partition coefficient (Wildman–Crippen LogP) is 3.87. The highest BCUT2D eigenvalue weighted by atomic mass is 16.5. The second kappa shape index (κ2) is 5.77. The molecule has 1 fully saturated rings. The maximum atomic E-state index is 6.34. The van der Waals surface area contributed by atoms with Crippen LogP contribution < -0.4 is 5.73 Å². The quantitative estimate of drug-likeness (QED) is 0.774. The van der Waals surface area contributed by atoms with E-state index in [1.165, 1.54) is 5.56 Å². The topological polar surface area (TPSA) is 82.8 Å². The minimum Gasteiger partial charge on any atom is -0.334 e. The van der Waals surface area contributed by atoms with Gasteiger partial charge >= 0.3 is 0 Å². The monoisotopic (exact) mass is 351 g/mol. The Labute approximate surface area is 153 Å². The standard InChI is InChI=1S/C20H25N5O/c1-13-6-8-14(9-7-13)25-12-15(16(23-25)19(2,3)4)17-22-18(24-26-17)20(21)10-5-11-20/h6-9,12H,5,10-11,21H2,1-4H3. The largest absolute Gasteiger partial charge is 0.334 e. The molecule has 0 spiro atoms. The molecule has 0 amide bonds. The summed E-state index contributed by atoms with van der Waals surface area (Å²) in [6, 6.07) is 8.27. The molecule has 0 unspecified atom stereocenters. The highest BCUT2D eigenvalue weighted by Gasteiger charge is 2.39. The van der Waals surface area contributed by atoms with Crippen LogP contribution in [0.1, 0.15) is 57.1 Å². The molecule has 0 bridgehead atoms. The molecule has 6 heteroatoms. The first-order valence-electron chi connectivity index (χ1n) is 9.07. The second-order valence-corrected chi connectivity index (χ2v) is 8.35. The summed E-state index contributed by atoms with van der Waals surface area (Å²) in [5.74, 6) is 1.08. The van der Waals surface area contributed by atoms with Crippen molar-refractivity contribution >= 4 is 0 Å². The Bertz CT molecular complexity index is 926. The van der Waals surface area contributed by atoms with Gasteiger partial charge in [-0.05, 0) is 38.3 Å². The van der Waals surface area contributed by atoms with E-state index in [1.807, 2.05) is 10.9 Å². The number of benzene rings is 1. The van der Waals surface area contributed by atoms with Crippen LogP contribution in [0.25, 0.3) is 17.1 Å². The third kappa shape index (κ3) is 2.84. The van der Waals surface area contributed by atoms with Crippen molar-refractivity contribution in [3.05, 3.63) is 47.5 Å². The Morgan fingerprint density at radius 2 is 1.85 bits per heavy atom. The fourth-order valence-electron chi connectivity index (χ4n) is 3.23. The molecule has 1 aliphatic rings. The Morgan fingerprint density at radius 1 is 1.15 bits per heavy atom. The molecule has 1 saturated carbocycles. The van der Waals surface area contributed by atoms with Crippen molar-refractivity contribution in [1.29, 1.82) is 0 Å². The normalized spacial score (nSPS) is 16.5. The van der Waals surface area contributed by atoms with Crippen LogP contribution in [0.5, 0.6) is 0 Å². The van der Waals surface area contributed by atoms with Gasteiger partial charge in [-0.2, -0.15) is 10.1 Å². The van der Waals surface area contributed by atoms with Gasteiger partial charge in [0.1, 0.15) is 0 Å². The molecule has 26 heavy (non-hydrogen) atoms. The molecule has 0 radical (unpaired) electrons. The maximum absolute atomic E-state index is 6.34. The summed E-state index contributed by atoms with van der Waals surface area (Å²) in [7, 11) is 0. The fourth-order valence-corrected chi connectivity index (χ4v) is 3.23. The Kier molecular flexibility index (Phi) is 3.77. The van der Waals surface area contributed by atoms with Crippen LogP contribution in [0.3, 0.4) is 0 Å². The molecule has 0 aliphatic heterocycles. The Balaban J connectivity index is 1.78. The molecular formula is C20H25N5O. The number of aryl methyl sites for hydroxylation is 1. The van der Waals surface area contributed by atoms with Gasteiger partial charge in [0.15, 0.2) is 5.82 Å². The van der Waals surface area contributed by atoms with Gasteiger partial charge in [0.2, 0.25) is 0 Å². The highest BCUT2D eigenvalue weighted by molar-refractivity contribution is 5.58. The molecule has 2 heterocycles. The summed E-state index contributed by atoms with van der Waals surface area (Å²) in [4.78, 5) is 4.61. The third-order valence-corrected chi connectivity index (χ3v) is 5.07. The summed E-state index contributed by atoms with van der Waals surface area (Å²) >= 11 is 0. The summed E-state index contributed by atoms with van der Waals surface area (Å²) in [5.41, 5.74) is 9.76. The van der Waals surface area contributed by atoms with Gasteiger partial charge in [-0.25, -0.2) is 4.68 Å². The van der Waals surface area contributed by atoms with Gasteiger partial charge in [0.05, 0.1) is 22.5 Å². The minimum absolute atomic E-state index is 0.156. The lowest BCUT2D eigenvalue weighted by molar-refractivity contribution is 0.229. The van der Waals surface area contributed by atoms with Crippen molar-refractivity contribution in [3.63, 3.8) is 0 Å². The van der Waals surface area contributed by atoms with Gasteiger partial charge in [-0.15, -0.1) is 0 Å². The van der Waals surface area contributed by atoms with Crippen molar-refractivity contribution < 1.29 is 4.52 Å². The number of nitrogens with zero attached hydrogens (tertiary/aromatic N) is 4. The molecule has 3 aromatic rings. The molecule has 1 aromatic carbocycles. The molecule has 2 aromatic heterocycles. The van der Waals surface area contributed by atoms with Crippen LogP contribution in [0.15, 0.2) is 35.0 Å². The van der Waals surface area contributed by atoms with Crippen LogP contribution in [0.4, 0.5) is 0 Å². The first-order chi connectivity index (χ1) is 12.3. The Hall–Kier alpha value is -2.47. The summed E-state index contributed by atoms with van der Waals surface area (Å²) in [6.07, 6.45) is 4.88. The summed E-state index contributed by atoms with van der Waals surface area (Å²) in [5, 5.41) is 8.98. The van der Waals surface area contributed by atoms with Crippen LogP contribution in [-0.4, -0.2) is 19.9 Å².